The van der Waals surface area contributed by atoms with E-state index in [9.17, 15) is 4.39 Å². The molecule has 1 aliphatic heterocycles. The summed E-state index contributed by atoms with van der Waals surface area (Å²) >= 11 is 0. The summed E-state index contributed by atoms with van der Waals surface area (Å²) in [6.07, 6.45) is 1.15. The van der Waals surface area contributed by atoms with Crippen molar-refractivity contribution < 1.29 is 4.39 Å². The van der Waals surface area contributed by atoms with E-state index in [-0.39, 0.29) is 0 Å². The third-order valence-corrected chi connectivity index (χ3v) is 2.37. The molecular weight excluding hydrogens is 195 g/mol. The van der Waals surface area contributed by atoms with Crippen molar-refractivity contribution in [3.05, 3.63) is 23.6 Å². The number of hydrogen-bond donors (Lipinski definition) is 1. The van der Waals surface area contributed by atoms with Crippen LogP contribution in [0.2, 0.25) is 0 Å². The van der Waals surface area contributed by atoms with E-state index in [1.165, 1.54) is 6.07 Å². The van der Waals surface area contributed by atoms with Gasteiger partial charge in [-0.25, -0.2) is 9.37 Å². The smallest absolute Gasteiger partial charge is 0.146 e. The van der Waals surface area contributed by atoms with Gasteiger partial charge in [0.05, 0.1) is 11.8 Å². The minimum Gasteiger partial charge on any atom is -0.353 e. The van der Waals surface area contributed by atoms with Gasteiger partial charge >= 0.3 is 0 Å². The number of nitriles is 1. The van der Waals surface area contributed by atoms with E-state index in [0.717, 1.165) is 32.4 Å². The number of anilines is 1. The zero-order valence-corrected chi connectivity index (χ0v) is 8.20. The summed E-state index contributed by atoms with van der Waals surface area (Å²) in [5, 5.41) is 12.1. The Kier molecular flexibility index (Phi) is 2.79. The lowest BCUT2D eigenvalue weighted by atomic mass is 10.2. The van der Waals surface area contributed by atoms with E-state index in [1.807, 2.05) is 11.0 Å². The summed E-state index contributed by atoms with van der Waals surface area (Å²) in [5.41, 5.74) is 0.303. The van der Waals surface area contributed by atoms with Crippen LogP contribution in [0.25, 0.3) is 0 Å². The lowest BCUT2D eigenvalue weighted by Crippen LogP contribution is -2.44. The normalized spacial score (nSPS) is 16.1. The Morgan fingerprint density at radius 3 is 2.87 bits per heavy atom. The number of pyridine rings is 1. The fraction of sp³-hybridized carbons (Fsp3) is 0.400. The van der Waals surface area contributed by atoms with Crippen LogP contribution in [0, 0.1) is 17.1 Å². The van der Waals surface area contributed by atoms with Crippen molar-refractivity contribution in [3.63, 3.8) is 0 Å². The van der Waals surface area contributed by atoms with Gasteiger partial charge in [-0.3, -0.25) is 0 Å². The zero-order valence-electron chi connectivity index (χ0n) is 8.20. The standard InChI is InChI=1S/C10H11FN4/c11-9-5-8(6-12)10(14-7-9)15-3-1-13-2-4-15/h5,7,13H,1-4H2. The lowest BCUT2D eigenvalue weighted by molar-refractivity contribution is 0.580. The summed E-state index contributed by atoms with van der Waals surface area (Å²) in [4.78, 5) is 5.97. The first-order valence-corrected chi connectivity index (χ1v) is 4.82. The minimum absolute atomic E-state index is 0.303. The largest absolute Gasteiger partial charge is 0.353 e. The van der Waals surface area contributed by atoms with Crippen LogP contribution in [-0.4, -0.2) is 31.2 Å². The van der Waals surface area contributed by atoms with Crippen LogP contribution in [0.1, 0.15) is 5.56 Å². The minimum atomic E-state index is -0.467. The van der Waals surface area contributed by atoms with Crippen LogP contribution < -0.4 is 10.2 Å². The second kappa shape index (κ2) is 4.24. The Morgan fingerprint density at radius 1 is 1.47 bits per heavy atom. The van der Waals surface area contributed by atoms with Gasteiger partial charge in [-0.2, -0.15) is 5.26 Å². The molecule has 1 saturated heterocycles. The van der Waals surface area contributed by atoms with Crippen LogP contribution in [0.4, 0.5) is 10.2 Å². The Bertz CT molecular complexity index is 393. The van der Waals surface area contributed by atoms with Crippen molar-refractivity contribution in [2.24, 2.45) is 0 Å². The van der Waals surface area contributed by atoms with Gasteiger partial charge in [-0.15, -0.1) is 0 Å². The maximum absolute atomic E-state index is 12.9. The maximum Gasteiger partial charge on any atom is 0.146 e. The fourth-order valence-electron chi connectivity index (χ4n) is 1.64. The van der Waals surface area contributed by atoms with Gasteiger partial charge in [0.25, 0.3) is 0 Å². The average molecular weight is 206 g/mol. The van der Waals surface area contributed by atoms with Gasteiger partial charge in [0.2, 0.25) is 0 Å². The number of aromatic nitrogens is 1. The monoisotopic (exact) mass is 206 g/mol. The topological polar surface area (TPSA) is 52.0 Å². The molecule has 1 aliphatic rings. The highest BCUT2D eigenvalue weighted by molar-refractivity contribution is 5.53. The van der Waals surface area contributed by atoms with Gasteiger partial charge in [-0.1, -0.05) is 0 Å². The van der Waals surface area contributed by atoms with E-state index in [2.05, 4.69) is 10.3 Å². The Labute approximate surface area is 87.3 Å². The second-order valence-corrected chi connectivity index (χ2v) is 3.37. The lowest BCUT2D eigenvalue weighted by Gasteiger charge is -2.28. The molecule has 0 aliphatic carbocycles. The Morgan fingerprint density at radius 2 is 2.20 bits per heavy atom. The van der Waals surface area contributed by atoms with Crippen LogP contribution >= 0.6 is 0 Å². The SMILES string of the molecule is N#Cc1cc(F)cnc1N1CCNCC1. The van der Waals surface area contributed by atoms with E-state index in [4.69, 9.17) is 5.26 Å². The van der Waals surface area contributed by atoms with E-state index in [0.29, 0.717) is 11.4 Å². The van der Waals surface area contributed by atoms with Crippen LogP contribution in [0.3, 0.4) is 0 Å². The Balaban J connectivity index is 2.30. The van der Waals surface area contributed by atoms with Crippen LogP contribution in [-0.2, 0) is 0 Å². The predicted octanol–water partition coefficient (Wildman–Crippen LogP) is 0.502. The molecule has 1 fully saturated rings. The molecule has 1 aromatic rings. The molecule has 0 amide bonds. The molecule has 2 heterocycles. The Hall–Kier alpha value is -1.67. The predicted molar refractivity (Wildman–Crippen MR) is 54.0 cm³/mol. The van der Waals surface area contributed by atoms with Crippen molar-refractivity contribution in [2.75, 3.05) is 31.1 Å². The van der Waals surface area contributed by atoms with Gasteiger partial charge in [0.1, 0.15) is 17.7 Å². The molecule has 0 saturated carbocycles. The maximum atomic E-state index is 12.9. The molecule has 0 aromatic carbocycles. The summed E-state index contributed by atoms with van der Waals surface area (Å²) < 4.78 is 12.9. The van der Waals surface area contributed by atoms with Crippen molar-refractivity contribution in [1.82, 2.24) is 10.3 Å². The van der Waals surface area contributed by atoms with E-state index in [1.54, 1.807) is 0 Å². The molecule has 0 spiro atoms. The number of nitrogens with zero attached hydrogens (tertiary/aromatic N) is 3. The number of piperazine rings is 1. The molecule has 0 bridgehead atoms. The first-order valence-electron chi connectivity index (χ1n) is 4.82. The molecule has 1 aromatic heterocycles. The molecule has 15 heavy (non-hydrogen) atoms. The quantitative estimate of drug-likeness (QED) is 0.727. The van der Waals surface area contributed by atoms with E-state index >= 15 is 0 Å². The number of hydrogen-bond acceptors (Lipinski definition) is 4. The van der Waals surface area contributed by atoms with Crippen LogP contribution in [0.15, 0.2) is 12.3 Å². The van der Waals surface area contributed by atoms with Gasteiger partial charge in [0, 0.05) is 26.2 Å². The van der Waals surface area contributed by atoms with Gasteiger partial charge in [0.15, 0.2) is 0 Å². The highest BCUT2D eigenvalue weighted by Crippen LogP contribution is 2.17. The first kappa shape index (κ1) is 9.87. The fourth-order valence-corrected chi connectivity index (χ4v) is 1.64. The van der Waals surface area contributed by atoms with E-state index < -0.39 is 5.82 Å². The molecule has 0 unspecified atom stereocenters. The molecule has 0 radical (unpaired) electrons. The summed E-state index contributed by atoms with van der Waals surface area (Å²) in [7, 11) is 0. The van der Waals surface area contributed by atoms with Crippen molar-refractivity contribution >= 4 is 5.82 Å². The molecule has 0 atom stereocenters. The van der Waals surface area contributed by atoms with Gasteiger partial charge < -0.3 is 10.2 Å². The first-order chi connectivity index (χ1) is 7.31. The third-order valence-electron chi connectivity index (χ3n) is 2.37. The number of rotatable bonds is 1. The third kappa shape index (κ3) is 2.05. The molecule has 78 valence electrons. The number of halogens is 1. The highest BCUT2D eigenvalue weighted by Gasteiger charge is 2.15. The molecule has 2 rings (SSSR count). The summed E-state index contributed by atoms with van der Waals surface area (Å²) in [5.74, 6) is 0.117. The summed E-state index contributed by atoms with van der Waals surface area (Å²) in [6.45, 7) is 3.33. The van der Waals surface area contributed by atoms with Crippen molar-refractivity contribution in [1.29, 1.82) is 5.26 Å². The summed E-state index contributed by atoms with van der Waals surface area (Å²) in [6, 6.07) is 3.20. The molecular formula is C10H11FN4. The number of nitrogens with one attached hydrogen (secondary N) is 1. The second-order valence-electron chi connectivity index (χ2n) is 3.37. The average Bonchev–Trinajstić information content (AvgIpc) is 2.30. The zero-order chi connectivity index (χ0) is 10.7. The van der Waals surface area contributed by atoms with Crippen molar-refractivity contribution in [3.8, 4) is 6.07 Å². The molecule has 4 nitrogen and oxygen atoms in total. The highest BCUT2D eigenvalue weighted by atomic mass is 19.1. The molecule has 1 N–H and O–H groups in total. The molecule has 5 heteroatoms. The van der Waals surface area contributed by atoms with Crippen molar-refractivity contribution in [2.45, 2.75) is 0 Å². The van der Waals surface area contributed by atoms with Gasteiger partial charge in [-0.05, 0) is 6.07 Å². The van der Waals surface area contributed by atoms with Crippen LogP contribution in [0.5, 0.6) is 0 Å².